The van der Waals surface area contributed by atoms with E-state index in [1.54, 1.807) is 6.07 Å². The van der Waals surface area contributed by atoms with E-state index in [1.807, 2.05) is 32.0 Å². The molecular formula is C13H11Br2N3O. The van der Waals surface area contributed by atoms with Crippen LogP contribution in [0.2, 0.25) is 0 Å². The molecule has 0 bridgehead atoms. The molecule has 1 N–H and O–H groups in total. The second kappa shape index (κ2) is 5.79. The van der Waals surface area contributed by atoms with Crippen molar-refractivity contribution in [2.75, 3.05) is 5.32 Å². The number of anilines is 1. The standard InChI is InChI=1S/C13H11Br2N3O/c1-7-5-8(2)17-13(16-7)18-12(19)10-4-3-9(14)6-11(10)15/h3-6H,1-2H3,(H,16,17,18,19). The fraction of sp³-hybridized carbons (Fsp3) is 0.154. The van der Waals surface area contributed by atoms with E-state index in [1.165, 1.54) is 0 Å². The second-order valence-electron chi connectivity index (χ2n) is 4.05. The van der Waals surface area contributed by atoms with Crippen molar-refractivity contribution in [2.24, 2.45) is 0 Å². The molecule has 98 valence electrons. The summed E-state index contributed by atoms with van der Waals surface area (Å²) >= 11 is 6.70. The summed E-state index contributed by atoms with van der Waals surface area (Å²) in [6.45, 7) is 3.72. The summed E-state index contributed by atoms with van der Waals surface area (Å²) in [4.78, 5) is 20.5. The number of amides is 1. The number of benzene rings is 1. The van der Waals surface area contributed by atoms with E-state index in [9.17, 15) is 4.79 Å². The molecule has 6 heteroatoms. The maximum atomic E-state index is 12.1. The largest absolute Gasteiger partial charge is 0.290 e. The number of hydrogen-bond acceptors (Lipinski definition) is 3. The zero-order chi connectivity index (χ0) is 14.0. The first kappa shape index (κ1) is 14.1. The monoisotopic (exact) mass is 383 g/mol. The van der Waals surface area contributed by atoms with Crippen LogP contribution in [0, 0.1) is 13.8 Å². The predicted molar refractivity (Wildman–Crippen MR) is 81.3 cm³/mol. The Balaban J connectivity index is 2.25. The zero-order valence-electron chi connectivity index (χ0n) is 10.4. The second-order valence-corrected chi connectivity index (χ2v) is 5.82. The van der Waals surface area contributed by atoms with E-state index in [-0.39, 0.29) is 5.91 Å². The van der Waals surface area contributed by atoms with Crippen molar-refractivity contribution in [1.29, 1.82) is 0 Å². The van der Waals surface area contributed by atoms with E-state index in [0.29, 0.717) is 16.0 Å². The highest BCUT2D eigenvalue weighted by Gasteiger charge is 2.12. The van der Waals surface area contributed by atoms with Gasteiger partial charge in [0.25, 0.3) is 5.91 Å². The van der Waals surface area contributed by atoms with Gasteiger partial charge in [0.1, 0.15) is 0 Å². The molecule has 19 heavy (non-hydrogen) atoms. The lowest BCUT2D eigenvalue weighted by atomic mass is 10.2. The summed E-state index contributed by atoms with van der Waals surface area (Å²) in [5, 5.41) is 2.69. The van der Waals surface area contributed by atoms with Crippen LogP contribution >= 0.6 is 31.9 Å². The number of rotatable bonds is 2. The molecule has 4 nitrogen and oxygen atoms in total. The van der Waals surface area contributed by atoms with Gasteiger partial charge in [0, 0.05) is 20.3 Å². The van der Waals surface area contributed by atoms with Crippen molar-refractivity contribution >= 4 is 43.7 Å². The minimum absolute atomic E-state index is 0.246. The van der Waals surface area contributed by atoms with Gasteiger partial charge in [0.15, 0.2) is 0 Å². The molecule has 0 aliphatic carbocycles. The first-order valence-corrected chi connectivity index (χ1v) is 7.13. The molecule has 0 spiro atoms. The fourth-order valence-corrected chi connectivity index (χ4v) is 2.85. The fourth-order valence-electron chi connectivity index (χ4n) is 1.62. The highest BCUT2D eigenvalue weighted by Crippen LogP contribution is 2.22. The van der Waals surface area contributed by atoms with E-state index in [4.69, 9.17) is 0 Å². The summed E-state index contributed by atoms with van der Waals surface area (Å²) in [5.41, 5.74) is 2.17. The number of halogens is 2. The maximum absolute atomic E-state index is 12.1. The predicted octanol–water partition coefficient (Wildman–Crippen LogP) is 3.87. The van der Waals surface area contributed by atoms with Gasteiger partial charge in [-0.2, -0.15) is 0 Å². The quantitative estimate of drug-likeness (QED) is 0.854. The van der Waals surface area contributed by atoms with Crippen molar-refractivity contribution in [2.45, 2.75) is 13.8 Å². The summed E-state index contributed by atoms with van der Waals surface area (Å²) < 4.78 is 1.61. The average Bonchev–Trinajstić information content (AvgIpc) is 2.26. The SMILES string of the molecule is Cc1cc(C)nc(NC(=O)c2ccc(Br)cc2Br)n1. The number of hydrogen-bond donors (Lipinski definition) is 1. The van der Waals surface area contributed by atoms with Crippen LogP contribution in [0.3, 0.4) is 0 Å². The van der Waals surface area contributed by atoms with E-state index < -0.39 is 0 Å². The lowest BCUT2D eigenvalue weighted by Crippen LogP contribution is -2.15. The van der Waals surface area contributed by atoms with Crippen molar-refractivity contribution in [3.8, 4) is 0 Å². The number of carbonyl (C=O) groups is 1. The Bertz CT molecular complexity index is 624. The summed E-state index contributed by atoms with van der Waals surface area (Å²) in [5.74, 6) is 0.0710. The van der Waals surface area contributed by atoms with E-state index in [2.05, 4.69) is 47.1 Å². The van der Waals surface area contributed by atoms with E-state index in [0.717, 1.165) is 15.9 Å². The van der Waals surface area contributed by atoms with Gasteiger partial charge in [0.05, 0.1) is 5.56 Å². The molecule has 0 aliphatic heterocycles. The van der Waals surface area contributed by atoms with Gasteiger partial charge in [-0.1, -0.05) is 15.9 Å². The molecule has 0 saturated carbocycles. The molecule has 1 aromatic carbocycles. The highest BCUT2D eigenvalue weighted by molar-refractivity contribution is 9.11. The van der Waals surface area contributed by atoms with Crippen LogP contribution in [-0.2, 0) is 0 Å². The van der Waals surface area contributed by atoms with Crippen LogP contribution in [0.25, 0.3) is 0 Å². The van der Waals surface area contributed by atoms with Crippen molar-refractivity contribution < 1.29 is 4.79 Å². The number of carbonyl (C=O) groups excluding carboxylic acids is 1. The topological polar surface area (TPSA) is 54.9 Å². The Hall–Kier alpha value is -1.27. The lowest BCUT2D eigenvalue weighted by Gasteiger charge is -2.07. The molecule has 0 radical (unpaired) electrons. The first-order chi connectivity index (χ1) is 8.95. The van der Waals surface area contributed by atoms with Crippen LogP contribution in [0.4, 0.5) is 5.95 Å². The molecule has 0 unspecified atom stereocenters. The Morgan fingerprint density at radius 2 is 1.74 bits per heavy atom. The molecule has 0 aliphatic rings. The van der Waals surface area contributed by atoms with E-state index >= 15 is 0 Å². The Kier molecular flexibility index (Phi) is 4.31. The Labute approximate surface area is 127 Å². The smallest absolute Gasteiger partial charge is 0.259 e. The molecule has 0 fully saturated rings. The third-order valence-corrected chi connectivity index (χ3v) is 3.53. The third-order valence-electron chi connectivity index (χ3n) is 2.38. The molecule has 0 atom stereocenters. The van der Waals surface area contributed by atoms with Gasteiger partial charge >= 0.3 is 0 Å². The molecule has 2 rings (SSSR count). The molecule has 0 saturated heterocycles. The Morgan fingerprint density at radius 1 is 1.11 bits per heavy atom. The minimum Gasteiger partial charge on any atom is -0.290 e. The van der Waals surface area contributed by atoms with Gasteiger partial charge in [-0.15, -0.1) is 0 Å². The number of nitrogens with zero attached hydrogens (tertiary/aromatic N) is 2. The first-order valence-electron chi connectivity index (χ1n) is 5.54. The normalized spacial score (nSPS) is 10.3. The average molecular weight is 385 g/mol. The minimum atomic E-state index is -0.246. The number of nitrogens with one attached hydrogen (secondary N) is 1. The number of aryl methyl sites for hydroxylation is 2. The zero-order valence-corrected chi connectivity index (χ0v) is 13.5. The maximum Gasteiger partial charge on any atom is 0.259 e. The summed E-state index contributed by atoms with van der Waals surface area (Å²) in [7, 11) is 0. The highest BCUT2D eigenvalue weighted by atomic mass is 79.9. The number of aromatic nitrogens is 2. The van der Waals surface area contributed by atoms with Gasteiger partial charge in [-0.3, -0.25) is 10.1 Å². The van der Waals surface area contributed by atoms with Gasteiger partial charge in [0.2, 0.25) is 5.95 Å². The molecule has 1 heterocycles. The van der Waals surface area contributed by atoms with Gasteiger partial charge in [-0.25, -0.2) is 9.97 Å². The lowest BCUT2D eigenvalue weighted by molar-refractivity contribution is 0.102. The van der Waals surface area contributed by atoms with Crippen LogP contribution < -0.4 is 5.32 Å². The van der Waals surface area contributed by atoms with Gasteiger partial charge < -0.3 is 0 Å². The molecule has 1 aromatic heterocycles. The van der Waals surface area contributed by atoms with Crippen LogP contribution in [0.15, 0.2) is 33.2 Å². The molecular weight excluding hydrogens is 374 g/mol. The van der Waals surface area contributed by atoms with Crippen molar-refractivity contribution in [1.82, 2.24) is 9.97 Å². The summed E-state index contributed by atoms with van der Waals surface area (Å²) in [6, 6.07) is 7.21. The van der Waals surface area contributed by atoms with Gasteiger partial charge in [-0.05, 0) is 54.0 Å². The molecule has 1 amide bonds. The van der Waals surface area contributed by atoms with Crippen LogP contribution in [-0.4, -0.2) is 15.9 Å². The third kappa shape index (κ3) is 3.61. The Morgan fingerprint density at radius 3 is 2.32 bits per heavy atom. The molecule has 2 aromatic rings. The van der Waals surface area contributed by atoms with Crippen molar-refractivity contribution in [3.63, 3.8) is 0 Å². The van der Waals surface area contributed by atoms with Crippen LogP contribution in [0.1, 0.15) is 21.7 Å². The van der Waals surface area contributed by atoms with Crippen molar-refractivity contribution in [3.05, 3.63) is 50.2 Å². The van der Waals surface area contributed by atoms with Crippen LogP contribution in [0.5, 0.6) is 0 Å². The summed E-state index contributed by atoms with van der Waals surface area (Å²) in [6.07, 6.45) is 0.